The number of fused-ring (bicyclic) bond motifs is 1. The van der Waals surface area contributed by atoms with Gasteiger partial charge in [0, 0.05) is 23.9 Å². The van der Waals surface area contributed by atoms with Gasteiger partial charge in [0.1, 0.15) is 0 Å². The average molecular weight is 513 g/mol. The number of carbonyl (C=O) groups excluding carboxylic acids is 3. The Labute approximate surface area is 214 Å². The fourth-order valence-electron chi connectivity index (χ4n) is 3.66. The molecule has 0 fully saturated rings. The molecular weight excluding hydrogens is 494 g/mol. The highest BCUT2D eigenvalue weighted by molar-refractivity contribution is 6.14. The number of hydrogen-bond donors (Lipinski definition) is 4. The van der Waals surface area contributed by atoms with Gasteiger partial charge in [-0.15, -0.1) is 0 Å². The molecular formula is C26H19N5O7. The second kappa shape index (κ2) is 10.5. The zero-order valence-corrected chi connectivity index (χ0v) is 20.0. The predicted molar refractivity (Wildman–Crippen MR) is 136 cm³/mol. The van der Waals surface area contributed by atoms with Gasteiger partial charge in [-0.2, -0.15) is 5.26 Å². The van der Waals surface area contributed by atoms with Gasteiger partial charge in [-0.25, -0.2) is 9.59 Å². The number of methoxy groups -OCH3 is 1. The summed E-state index contributed by atoms with van der Waals surface area (Å²) < 4.78 is 9.95. The number of rotatable bonds is 6. The van der Waals surface area contributed by atoms with Crippen LogP contribution in [-0.2, 0) is 9.53 Å². The maximum atomic E-state index is 13.0. The quantitative estimate of drug-likeness (QED) is 0.289. The van der Waals surface area contributed by atoms with Crippen LogP contribution in [0.4, 0.5) is 21.9 Å². The fraction of sp³-hybridized carbons (Fsp3) is 0.0769. The fourth-order valence-corrected chi connectivity index (χ4v) is 3.66. The normalized spacial score (nSPS) is 10.3. The van der Waals surface area contributed by atoms with Crippen molar-refractivity contribution in [2.45, 2.75) is 6.92 Å². The van der Waals surface area contributed by atoms with Crippen molar-refractivity contribution >= 4 is 51.9 Å². The van der Waals surface area contributed by atoms with Crippen molar-refractivity contribution in [1.82, 2.24) is 5.16 Å². The third kappa shape index (κ3) is 5.26. The molecule has 4 aromatic rings. The first-order chi connectivity index (χ1) is 18.2. The van der Waals surface area contributed by atoms with Crippen molar-refractivity contribution < 1.29 is 33.5 Å². The largest absolute Gasteiger partial charge is 0.478 e. The van der Waals surface area contributed by atoms with Crippen LogP contribution in [0.2, 0.25) is 0 Å². The lowest BCUT2D eigenvalue weighted by atomic mass is 10.0. The summed E-state index contributed by atoms with van der Waals surface area (Å²) in [6, 6.07) is 15.5. The van der Waals surface area contributed by atoms with Gasteiger partial charge in [-0.3, -0.25) is 14.9 Å². The molecule has 0 bridgehead atoms. The lowest BCUT2D eigenvalue weighted by Crippen LogP contribution is -2.15. The van der Waals surface area contributed by atoms with E-state index in [9.17, 15) is 24.3 Å². The number of aromatic carboxylic acids is 1. The number of hydrogen-bond acceptors (Lipinski definition) is 8. The maximum Gasteiger partial charge on any atom is 0.411 e. The molecule has 4 N–H and O–H groups in total. The second-order valence-electron chi connectivity index (χ2n) is 7.93. The number of benzene rings is 3. The number of nitriles is 1. The Bertz CT molecular complexity index is 1630. The standard InChI is InChI=1S/C26H19N5O7/c1-13(32)28-21-10-19-22(11-17(21)15-4-6-16(7-5-15)29-26(36)37-2)38-31-23(19)24(33)30-20-8-3-14(12-27)9-18(20)25(34)35/h3-11H,1-2H3,(H,28,32)(H,29,36)(H,30,33)(H,34,35). The molecule has 0 saturated heterocycles. The molecule has 3 aromatic carbocycles. The smallest absolute Gasteiger partial charge is 0.411 e. The van der Waals surface area contributed by atoms with Crippen LogP contribution in [0.25, 0.3) is 22.1 Å². The Kier molecular flexibility index (Phi) is 7.02. The monoisotopic (exact) mass is 513 g/mol. The van der Waals surface area contributed by atoms with Crippen molar-refractivity contribution in [1.29, 1.82) is 5.26 Å². The van der Waals surface area contributed by atoms with Crippen molar-refractivity contribution in [3.8, 4) is 17.2 Å². The maximum absolute atomic E-state index is 13.0. The molecule has 0 atom stereocenters. The molecule has 1 aromatic heterocycles. The van der Waals surface area contributed by atoms with E-state index < -0.39 is 18.0 Å². The Morgan fingerprint density at radius 1 is 0.974 bits per heavy atom. The lowest BCUT2D eigenvalue weighted by Gasteiger charge is -2.12. The summed E-state index contributed by atoms with van der Waals surface area (Å²) in [4.78, 5) is 48.0. The average Bonchev–Trinajstić information content (AvgIpc) is 3.31. The predicted octanol–water partition coefficient (Wildman–Crippen LogP) is 4.45. The van der Waals surface area contributed by atoms with Crippen LogP contribution in [0.3, 0.4) is 0 Å². The van der Waals surface area contributed by atoms with E-state index in [1.165, 1.54) is 32.2 Å². The number of carbonyl (C=O) groups is 4. The number of aromatic nitrogens is 1. The molecule has 0 spiro atoms. The highest BCUT2D eigenvalue weighted by atomic mass is 16.5. The van der Waals surface area contributed by atoms with E-state index in [0.29, 0.717) is 22.5 Å². The van der Waals surface area contributed by atoms with Crippen LogP contribution in [0.15, 0.2) is 59.1 Å². The van der Waals surface area contributed by atoms with Gasteiger partial charge in [0.05, 0.1) is 35.4 Å². The highest BCUT2D eigenvalue weighted by Crippen LogP contribution is 2.35. The molecule has 3 amide bonds. The molecule has 1 heterocycles. The number of ether oxygens (including phenoxy) is 1. The van der Waals surface area contributed by atoms with E-state index in [0.717, 1.165) is 6.07 Å². The molecule has 190 valence electrons. The molecule has 0 aliphatic heterocycles. The zero-order valence-electron chi connectivity index (χ0n) is 20.0. The molecule has 0 aliphatic carbocycles. The van der Waals surface area contributed by atoms with Crippen molar-refractivity contribution in [2.75, 3.05) is 23.1 Å². The summed E-state index contributed by atoms with van der Waals surface area (Å²) in [6.07, 6.45) is -0.623. The molecule has 0 unspecified atom stereocenters. The summed E-state index contributed by atoms with van der Waals surface area (Å²) in [5.74, 6) is -2.44. The van der Waals surface area contributed by atoms with Crippen LogP contribution in [0.5, 0.6) is 0 Å². The molecule has 0 aliphatic rings. The number of anilines is 3. The number of carboxylic acids is 1. The molecule has 0 saturated carbocycles. The molecule has 4 rings (SSSR count). The topological polar surface area (TPSA) is 184 Å². The van der Waals surface area contributed by atoms with E-state index in [2.05, 4.69) is 25.8 Å². The van der Waals surface area contributed by atoms with Crippen LogP contribution < -0.4 is 16.0 Å². The first-order valence-corrected chi connectivity index (χ1v) is 11.0. The number of carboxylic acid groups (broad SMARTS) is 1. The lowest BCUT2D eigenvalue weighted by molar-refractivity contribution is -0.114. The minimum atomic E-state index is -1.33. The van der Waals surface area contributed by atoms with E-state index >= 15 is 0 Å². The van der Waals surface area contributed by atoms with Gasteiger partial charge in [-0.05, 0) is 48.0 Å². The van der Waals surface area contributed by atoms with Gasteiger partial charge in [0.15, 0.2) is 11.3 Å². The van der Waals surface area contributed by atoms with Crippen LogP contribution in [0.1, 0.15) is 33.3 Å². The van der Waals surface area contributed by atoms with Crippen molar-refractivity contribution in [3.63, 3.8) is 0 Å². The van der Waals surface area contributed by atoms with Crippen molar-refractivity contribution in [2.24, 2.45) is 0 Å². The number of amides is 3. The van der Waals surface area contributed by atoms with Gasteiger partial charge < -0.3 is 25.0 Å². The molecule has 12 nitrogen and oxygen atoms in total. The van der Waals surface area contributed by atoms with Gasteiger partial charge in [-0.1, -0.05) is 17.3 Å². The Morgan fingerprint density at radius 3 is 2.34 bits per heavy atom. The summed E-state index contributed by atoms with van der Waals surface area (Å²) >= 11 is 0. The van der Waals surface area contributed by atoms with E-state index in [1.54, 1.807) is 30.3 Å². The van der Waals surface area contributed by atoms with Gasteiger partial charge in [0.2, 0.25) is 5.91 Å². The Hall–Kier alpha value is -5.70. The first kappa shape index (κ1) is 25.4. The highest BCUT2D eigenvalue weighted by Gasteiger charge is 2.22. The molecule has 12 heteroatoms. The number of nitrogens with one attached hydrogen (secondary N) is 3. The van der Waals surface area contributed by atoms with Crippen LogP contribution in [0, 0.1) is 11.3 Å². The summed E-state index contributed by atoms with van der Waals surface area (Å²) in [7, 11) is 1.25. The van der Waals surface area contributed by atoms with Gasteiger partial charge >= 0.3 is 12.1 Å². The second-order valence-corrected chi connectivity index (χ2v) is 7.93. The minimum Gasteiger partial charge on any atom is -0.478 e. The van der Waals surface area contributed by atoms with E-state index in [4.69, 9.17) is 9.78 Å². The minimum absolute atomic E-state index is 0.0305. The third-order valence-corrected chi connectivity index (χ3v) is 5.39. The van der Waals surface area contributed by atoms with Crippen LogP contribution >= 0.6 is 0 Å². The molecule has 0 radical (unpaired) electrons. The van der Waals surface area contributed by atoms with E-state index in [1.807, 2.05) is 6.07 Å². The zero-order chi connectivity index (χ0) is 27.4. The summed E-state index contributed by atoms with van der Waals surface area (Å²) in [6.45, 7) is 1.33. The summed E-state index contributed by atoms with van der Waals surface area (Å²) in [5.41, 5.74) is 1.98. The first-order valence-electron chi connectivity index (χ1n) is 11.0. The summed E-state index contributed by atoms with van der Waals surface area (Å²) in [5, 5.41) is 30.4. The Balaban J connectivity index is 1.72. The third-order valence-electron chi connectivity index (χ3n) is 5.39. The van der Waals surface area contributed by atoms with Crippen molar-refractivity contribution in [3.05, 3.63) is 71.4 Å². The number of nitrogens with zero attached hydrogens (tertiary/aromatic N) is 2. The molecule has 38 heavy (non-hydrogen) atoms. The van der Waals surface area contributed by atoms with E-state index in [-0.39, 0.29) is 39.4 Å². The Morgan fingerprint density at radius 2 is 1.71 bits per heavy atom. The van der Waals surface area contributed by atoms with Crippen LogP contribution in [-0.4, -0.2) is 41.2 Å². The SMILES string of the molecule is COC(=O)Nc1ccc(-c2cc3onc(C(=O)Nc4ccc(C#N)cc4C(=O)O)c3cc2NC(C)=O)cc1. The van der Waals surface area contributed by atoms with Gasteiger partial charge in [0.25, 0.3) is 5.91 Å².